The third-order valence-corrected chi connectivity index (χ3v) is 5.02. The Kier molecular flexibility index (Phi) is 5.36. The van der Waals surface area contributed by atoms with E-state index in [9.17, 15) is 4.79 Å². The SMILES string of the molecule is CC(C)n1ccnc1CN1CCOCC1CC(=O)Nc1ccc2n[nH]nc2c1. The van der Waals surface area contributed by atoms with Crippen molar-refractivity contribution in [3.63, 3.8) is 0 Å². The summed E-state index contributed by atoms with van der Waals surface area (Å²) in [5, 5.41) is 13.6. The Hall–Kier alpha value is -2.78. The van der Waals surface area contributed by atoms with Crippen molar-refractivity contribution in [2.45, 2.75) is 38.9 Å². The number of morpholine rings is 1. The number of fused-ring (bicyclic) bond motifs is 1. The van der Waals surface area contributed by atoms with Crippen LogP contribution in [0.1, 0.15) is 32.1 Å². The van der Waals surface area contributed by atoms with Crippen LogP contribution in [0.15, 0.2) is 30.6 Å². The predicted molar refractivity (Wildman–Crippen MR) is 105 cm³/mol. The quantitative estimate of drug-likeness (QED) is 0.675. The van der Waals surface area contributed by atoms with Gasteiger partial charge in [0.25, 0.3) is 0 Å². The number of imidazole rings is 1. The Morgan fingerprint density at radius 3 is 3.07 bits per heavy atom. The number of carbonyl (C=O) groups excluding carboxylic acids is 1. The number of carbonyl (C=O) groups is 1. The van der Waals surface area contributed by atoms with Gasteiger partial charge in [0.1, 0.15) is 16.9 Å². The van der Waals surface area contributed by atoms with Gasteiger partial charge in [-0.2, -0.15) is 15.4 Å². The second-order valence-electron chi connectivity index (χ2n) is 7.32. The molecule has 0 aliphatic carbocycles. The predicted octanol–water partition coefficient (Wildman–Crippen LogP) is 1.96. The first-order valence-electron chi connectivity index (χ1n) is 9.54. The van der Waals surface area contributed by atoms with E-state index in [-0.39, 0.29) is 11.9 Å². The Bertz CT molecular complexity index is 949. The topological polar surface area (TPSA) is 101 Å². The summed E-state index contributed by atoms with van der Waals surface area (Å²) in [4.78, 5) is 19.4. The molecule has 1 aliphatic heterocycles. The first kappa shape index (κ1) is 18.6. The van der Waals surface area contributed by atoms with E-state index in [1.54, 1.807) is 0 Å². The van der Waals surface area contributed by atoms with Crippen LogP contribution in [-0.4, -0.2) is 61.6 Å². The maximum absolute atomic E-state index is 12.6. The fourth-order valence-corrected chi connectivity index (χ4v) is 3.55. The molecule has 1 fully saturated rings. The zero-order valence-electron chi connectivity index (χ0n) is 16.1. The summed E-state index contributed by atoms with van der Waals surface area (Å²) in [6, 6.07) is 5.84. The van der Waals surface area contributed by atoms with Crippen LogP contribution < -0.4 is 5.32 Å². The van der Waals surface area contributed by atoms with Gasteiger partial charge in [-0.05, 0) is 32.0 Å². The molecule has 2 N–H and O–H groups in total. The third kappa shape index (κ3) is 4.05. The van der Waals surface area contributed by atoms with Gasteiger partial charge in [0.15, 0.2) is 0 Å². The average Bonchev–Trinajstić information content (AvgIpc) is 3.32. The molecule has 4 rings (SSSR count). The summed E-state index contributed by atoms with van der Waals surface area (Å²) in [7, 11) is 0. The summed E-state index contributed by atoms with van der Waals surface area (Å²) in [5.74, 6) is 0.967. The highest BCUT2D eigenvalue weighted by molar-refractivity contribution is 5.93. The van der Waals surface area contributed by atoms with Crippen LogP contribution in [0.25, 0.3) is 11.0 Å². The average molecular weight is 383 g/mol. The molecule has 0 saturated carbocycles. The highest BCUT2D eigenvalue weighted by Crippen LogP contribution is 2.19. The van der Waals surface area contributed by atoms with Crippen LogP contribution in [0.4, 0.5) is 5.69 Å². The van der Waals surface area contributed by atoms with E-state index in [0.717, 1.165) is 23.4 Å². The molecule has 1 unspecified atom stereocenters. The summed E-state index contributed by atoms with van der Waals surface area (Å²) >= 11 is 0. The lowest BCUT2D eigenvalue weighted by Crippen LogP contribution is -2.46. The van der Waals surface area contributed by atoms with Crippen LogP contribution in [0.2, 0.25) is 0 Å². The van der Waals surface area contributed by atoms with Gasteiger partial charge in [-0.15, -0.1) is 0 Å². The smallest absolute Gasteiger partial charge is 0.226 e. The van der Waals surface area contributed by atoms with Crippen molar-refractivity contribution in [1.82, 2.24) is 29.9 Å². The van der Waals surface area contributed by atoms with Crippen molar-refractivity contribution in [2.24, 2.45) is 0 Å². The summed E-state index contributed by atoms with van der Waals surface area (Å²) in [6.45, 7) is 6.98. The van der Waals surface area contributed by atoms with Gasteiger partial charge in [-0.3, -0.25) is 9.69 Å². The van der Waals surface area contributed by atoms with Crippen molar-refractivity contribution in [1.29, 1.82) is 0 Å². The van der Waals surface area contributed by atoms with Gasteiger partial charge in [-0.25, -0.2) is 4.98 Å². The Morgan fingerprint density at radius 1 is 1.36 bits per heavy atom. The number of amides is 1. The molecular weight excluding hydrogens is 358 g/mol. The molecule has 0 spiro atoms. The van der Waals surface area contributed by atoms with Crippen LogP contribution in [0, 0.1) is 0 Å². The molecule has 0 bridgehead atoms. The maximum atomic E-state index is 12.6. The van der Waals surface area contributed by atoms with E-state index in [4.69, 9.17) is 4.74 Å². The van der Waals surface area contributed by atoms with Crippen LogP contribution in [0.5, 0.6) is 0 Å². The Morgan fingerprint density at radius 2 is 2.21 bits per heavy atom. The largest absolute Gasteiger partial charge is 0.378 e. The molecule has 1 amide bonds. The normalized spacial score (nSPS) is 18.0. The van der Waals surface area contributed by atoms with Crippen molar-refractivity contribution < 1.29 is 9.53 Å². The lowest BCUT2D eigenvalue weighted by molar-refractivity contribution is -0.119. The standard InChI is InChI=1S/C19H25N7O2/c1-13(2)26-6-5-20-18(26)11-25-7-8-28-12-15(25)10-19(27)21-14-3-4-16-17(9-14)23-24-22-16/h3-6,9,13,15H,7-8,10-12H2,1-2H3,(H,21,27)(H,22,23,24). The van der Waals surface area contributed by atoms with Crippen LogP contribution in [0.3, 0.4) is 0 Å². The fourth-order valence-electron chi connectivity index (χ4n) is 3.55. The van der Waals surface area contributed by atoms with Crippen LogP contribution in [-0.2, 0) is 16.1 Å². The van der Waals surface area contributed by atoms with E-state index < -0.39 is 0 Å². The molecular formula is C19H25N7O2. The number of H-pyrrole nitrogens is 1. The van der Waals surface area contributed by atoms with E-state index in [1.807, 2.05) is 30.6 Å². The van der Waals surface area contributed by atoms with E-state index >= 15 is 0 Å². The zero-order chi connectivity index (χ0) is 19.5. The van der Waals surface area contributed by atoms with Crippen molar-refractivity contribution in [3.05, 3.63) is 36.4 Å². The van der Waals surface area contributed by atoms with Gasteiger partial charge in [-0.1, -0.05) is 0 Å². The molecule has 3 aromatic rings. The van der Waals surface area contributed by atoms with Gasteiger partial charge in [0, 0.05) is 43.1 Å². The molecule has 28 heavy (non-hydrogen) atoms. The van der Waals surface area contributed by atoms with Gasteiger partial charge < -0.3 is 14.6 Å². The van der Waals surface area contributed by atoms with E-state index in [1.165, 1.54) is 0 Å². The lowest BCUT2D eigenvalue weighted by atomic mass is 10.1. The molecule has 1 aliphatic rings. The minimum absolute atomic E-state index is 0.0156. The van der Waals surface area contributed by atoms with Crippen LogP contribution >= 0.6 is 0 Å². The molecule has 1 saturated heterocycles. The van der Waals surface area contributed by atoms with Gasteiger partial charge in [0.05, 0.1) is 19.8 Å². The number of benzene rings is 1. The highest BCUT2D eigenvalue weighted by Gasteiger charge is 2.27. The molecule has 0 radical (unpaired) electrons. The van der Waals surface area contributed by atoms with Crippen molar-refractivity contribution >= 4 is 22.6 Å². The van der Waals surface area contributed by atoms with Crippen molar-refractivity contribution in [3.8, 4) is 0 Å². The number of anilines is 1. The number of ether oxygens (including phenoxy) is 1. The maximum Gasteiger partial charge on any atom is 0.226 e. The number of nitrogens with one attached hydrogen (secondary N) is 2. The minimum atomic E-state index is -0.0458. The molecule has 1 atom stereocenters. The Labute approximate surface area is 163 Å². The second kappa shape index (κ2) is 8.07. The molecule has 9 nitrogen and oxygen atoms in total. The van der Waals surface area contributed by atoms with Gasteiger partial charge >= 0.3 is 0 Å². The monoisotopic (exact) mass is 383 g/mol. The minimum Gasteiger partial charge on any atom is -0.378 e. The second-order valence-corrected chi connectivity index (χ2v) is 7.32. The number of hydrogen-bond acceptors (Lipinski definition) is 6. The summed E-state index contributed by atoms with van der Waals surface area (Å²) in [6.07, 6.45) is 4.19. The van der Waals surface area contributed by atoms with Gasteiger partial charge in [0.2, 0.25) is 5.91 Å². The lowest BCUT2D eigenvalue weighted by Gasteiger charge is -2.35. The zero-order valence-corrected chi connectivity index (χ0v) is 16.1. The number of aromatic nitrogens is 5. The van der Waals surface area contributed by atoms with E-state index in [2.05, 4.69) is 49.0 Å². The number of nitrogens with zero attached hydrogens (tertiary/aromatic N) is 5. The third-order valence-electron chi connectivity index (χ3n) is 5.02. The number of rotatable bonds is 6. The first-order chi connectivity index (χ1) is 13.6. The van der Waals surface area contributed by atoms with Crippen molar-refractivity contribution in [2.75, 3.05) is 25.1 Å². The molecule has 3 heterocycles. The molecule has 2 aromatic heterocycles. The Balaban J connectivity index is 1.41. The van der Waals surface area contributed by atoms with E-state index in [0.29, 0.717) is 37.9 Å². The number of aromatic amines is 1. The number of hydrogen-bond donors (Lipinski definition) is 2. The summed E-state index contributed by atoms with van der Waals surface area (Å²) in [5.41, 5.74) is 2.21. The molecule has 1 aromatic carbocycles. The summed E-state index contributed by atoms with van der Waals surface area (Å²) < 4.78 is 7.80. The highest BCUT2D eigenvalue weighted by atomic mass is 16.5. The molecule has 148 valence electrons. The fraction of sp³-hybridized carbons (Fsp3) is 0.474. The first-order valence-corrected chi connectivity index (χ1v) is 9.54. The molecule has 9 heteroatoms.